The smallest absolute Gasteiger partial charge is 0.346 e. The molecule has 0 saturated carbocycles. The Morgan fingerprint density at radius 1 is 0.633 bits per heavy atom. The van der Waals surface area contributed by atoms with Crippen molar-refractivity contribution in [2.45, 2.75) is 96.8 Å². The highest BCUT2D eigenvalue weighted by Crippen LogP contribution is 2.41. The molecule has 0 amide bonds. The molecule has 3 aromatic carbocycles. The largest absolute Gasteiger partial charge is 0.494 e. The SMILES string of the molecule is CCCCCCCCCCCCCCCCOc1ccc(-n2c3ccccc3c3ccc(/C=C/c4ccc(-c5ccc(-c6ccc(/C=C(/C#N)C(=O)O)s6)s5)s4)cc32)cc1. The fourth-order valence-corrected chi connectivity index (χ4v) is 10.8. The highest BCUT2D eigenvalue weighted by molar-refractivity contribution is 7.26. The van der Waals surface area contributed by atoms with Crippen LogP contribution in [0.5, 0.6) is 5.75 Å². The Bertz CT molecular complexity index is 2580. The van der Waals surface area contributed by atoms with Gasteiger partial charge in [0, 0.05) is 45.7 Å². The quantitative estimate of drug-likeness (QED) is 0.0395. The minimum atomic E-state index is -1.21. The van der Waals surface area contributed by atoms with Crippen LogP contribution in [0.3, 0.4) is 0 Å². The first-order valence-corrected chi connectivity index (χ1v) is 24.1. The van der Waals surface area contributed by atoms with Gasteiger partial charge in [0.25, 0.3) is 0 Å². The van der Waals surface area contributed by atoms with E-state index in [1.165, 1.54) is 137 Å². The third-order valence-electron chi connectivity index (χ3n) is 11.0. The first-order chi connectivity index (χ1) is 29.5. The van der Waals surface area contributed by atoms with Gasteiger partial charge >= 0.3 is 5.97 Å². The molecule has 0 fully saturated rings. The first-order valence-electron chi connectivity index (χ1n) is 21.6. The molecule has 0 atom stereocenters. The first kappa shape index (κ1) is 42.9. The molecule has 4 aromatic heterocycles. The lowest BCUT2D eigenvalue weighted by Gasteiger charge is -2.10. The van der Waals surface area contributed by atoms with E-state index in [2.05, 4.69) is 115 Å². The summed E-state index contributed by atoms with van der Waals surface area (Å²) in [5, 5.41) is 20.8. The number of carboxylic acids is 1. The van der Waals surface area contributed by atoms with Crippen molar-refractivity contribution >= 4 is 80.0 Å². The van der Waals surface area contributed by atoms with Crippen LogP contribution in [0.2, 0.25) is 0 Å². The number of ether oxygens (including phenoxy) is 1. The van der Waals surface area contributed by atoms with Crippen LogP contribution in [-0.2, 0) is 4.79 Å². The highest BCUT2D eigenvalue weighted by Gasteiger charge is 2.14. The average Bonchev–Trinajstić information content (AvgIpc) is 4.10. The normalized spacial score (nSPS) is 11.9. The number of aliphatic carboxylic acids is 1. The third-order valence-corrected chi connectivity index (χ3v) is 14.5. The van der Waals surface area contributed by atoms with E-state index in [1.54, 1.807) is 28.7 Å². The molecule has 0 aliphatic carbocycles. The second-order valence-electron chi connectivity index (χ2n) is 15.4. The third kappa shape index (κ3) is 11.3. The number of unbranched alkanes of at least 4 members (excludes halogenated alkanes) is 13. The van der Waals surface area contributed by atoms with E-state index in [9.17, 15) is 9.90 Å². The van der Waals surface area contributed by atoms with Crippen molar-refractivity contribution in [2.75, 3.05) is 6.61 Å². The van der Waals surface area contributed by atoms with Crippen LogP contribution in [0, 0.1) is 11.3 Å². The number of carboxylic acid groups (broad SMARTS) is 1. The number of hydrogen-bond donors (Lipinski definition) is 1. The maximum Gasteiger partial charge on any atom is 0.346 e. The highest BCUT2D eigenvalue weighted by atomic mass is 32.1. The van der Waals surface area contributed by atoms with Gasteiger partial charge in [0.1, 0.15) is 17.4 Å². The summed E-state index contributed by atoms with van der Waals surface area (Å²) in [7, 11) is 0. The van der Waals surface area contributed by atoms with Crippen LogP contribution in [0.15, 0.2) is 109 Å². The van der Waals surface area contributed by atoms with E-state index in [0.29, 0.717) is 0 Å². The summed E-state index contributed by atoms with van der Waals surface area (Å²) in [5.74, 6) is -0.290. The molecule has 308 valence electrons. The van der Waals surface area contributed by atoms with Gasteiger partial charge in [-0.05, 0) is 96.9 Å². The molecule has 4 heterocycles. The lowest BCUT2D eigenvalue weighted by Crippen LogP contribution is -1.98. The molecular weight excluding hydrogens is 797 g/mol. The summed E-state index contributed by atoms with van der Waals surface area (Å²) in [6, 6.07) is 38.1. The van der Waals surface area contributed by atoms with Crippen LogP contribution in [-0.4, -0.2) is 22.2 Å². The predicted octanol–water partition coefficient (Wildman–Crippen LogP) is 16.3. The molecule has 7 rings (SSSR count). The van der Waals surface area contributed by atoms with Gasteiger partial charge in [0.05, 0.1) is 17.6 Å². The summed E-state index contributed by atoms with van der Waals surface area (Å²) >= 11 is 4.95. The summed E-state index contributed by atoms with van der Waals surface area (Å²) in [6.45, 7) is 3.05. The van der Waals surface area contributed by atoms with Crippen LogP contribution in [0.25, 0.3) is 65.2 Å². The molecule has 7 aromatic rings. The molecule has 0 aliphatic heterocycles. The minimum absolute atomic E-state index is 0.266. The van der Waals surface area contributed by atoms with Gasteiger partial charge in [-0.15, -0.1) is 34.0 Å². The van der Waals surface area contributed by atoms with E-state index in [0.717, 1.165) is 44.7 Å². The Hall–Kier alpha value is -5.20. The van der Waals surface area contributed by atoms with Crippen LogP contribution in [0.1, 0.15) is 112 Å². The van der Waals surface area contributed by atoms with Crippen LogP contribution in [0.4, 0.5) is 0 Å². The average molecular weight is 851 g/mol. The second kappa shape index (κ2) is 21.9. The predicted molar refractivity (Wildman–Crippen MR) is 258 cm³/mol. The summed E-state index contributed by atoms with van der Waals surface area (Å²) < 4.78 is 8.54. The van der Waals surface area contributed by atoms with Gasteiger partial charge in [-0.3, -0.25) is 0 Å². The zero-order chi connectivity index (χ0) is 41.5. The lowest BCUT2D eigenvalue weighted by molar-refractivity contribution is -0.132. The maximum absolute atomic E-state index is 11.3. The molecule has 1 N–H and O–H groups in total. The number of rotatable bonds is 23. The van der Waals surface area contributed by atoms with Crippen molar-refractivity contribution in [3.63, 3.8) is 0 Å². The summed E-state index contributed by atoms with van der Waals surface area (Å²) in [5.41, 5.74) is 4.35. The molecule has 0 saturated heterocycles. The number of hydrogen-bond acceptors (Lipinski definition) is 6. The molecule has 60 heavy (non-hydrogen) atoms. The van der Waals surface area contributed by atoms with Gasteiger partial charge in [0.2, 0.25) is 0 Å². The fourth-order valence-electron chi connectivity index (χ4n) is 7.75. The standard InChI is InChI=1S/C52H54N2O3S3/c1-2-3-4-5-6-7-8-9-10-11-12-13-14-17-34-57-41-24-22-40(23-25-41)54-46-19-16-15-18-44(46)45-29-21-38(35-47(45)54)20-26-42-27-30-48(58-42)50-32-33-51(60-50)49-31-28-43(59-49)36-39(37-53)52(55)56/h15-16,18-33,35-36H,2-14,17,34H2,1H3,(H,55,56)/b26-20+,39-36-. The number of fused-ring (bicyclic) bond motifs is 3. The number of benzene rings is 3. The van der Waals surface area contributed by atoms with Crippen molar-refractivity contribution in [2.24, 2.45) is 0 Å². The van der Waals surface area contributed by atoms with E-state index >= 15 is 0 Å². The molecular formula is C52H54N2O3S3. The second-order valence-corrected chi connectivity index (χ2v) is 18.8. The van der Waals surface area contributed by atoms with Crippen molar-refractivity contribution in [1.29, 1.82) is 5.26 Å². The monoisotopic (exact) mass is 850 g/mol. The van der Waals surface area contributed by atoms with Crippen molar-refractivity contribution < 1.29 is 14.6 Å². The Balaban J connectivity index is 0.935. The van der Waals surface area contributed by atoms with Gasteiger partial charge in [-0.2, -0.15) is 5.26 Å². The van der Waals surface area contributed by atoms with Gasteiger partial charge in [-0.25, -0.2) is 4.79 Å². The Kier molecular flexibility index (Phi) is 15.6. The van der Waals surface area contributed by atoms with Gasteiger partial charge in [-0.1, -0.05) is 127 Å². The molecule has 0 aliphatic rings. The van der Waals surface area contributed by atoms with Gasteiger partial charge in [0.15, 0.2) is 0 Å². The van der Waals surface area contributed by atoms with Gasteiger partial charge < -0.3 is 14.4 Å². The van der Waals surface area contributed by atoms with Crippen LogP contribution < -0.4 is 4.74 Å². The lowest BCUT2D eigenvalue weighted by atomic mass is 10.0. The van der Waals surface area contributed by atoms with Crippen molar-refractivity contribution in [3.05, 3.63) is 124 Å². The zero-order valence-electron chi connectivity index (χ0n) is 34.5. The maximum atomic E-state index is 11.3. The molecule has 5 nitrogen and oxygen atoms in total. The van der Waals surface area contributed by atoms with Crippen LogP contribution >= 0.6 is 34.0 Å². The zero-order valence-corrected chi connectivity index (χ0v) is 37.0. The number of nitriles is 1. The number of aromatic nitrogens is 1. The molecule has 0 spiro atoms. The minimum Gasteiger partial charge on any atom is -0.494 e. The molecule has 0 unspecified atom stereocenters. The summed E-state index contributed by atoms with van der Waals surface area (Å²) in [6.07, 6.45) is 24.8. The van der Waals surface area contributed by atoms with E-state index in [-0.39, 0.29) is 5.57 Å². The van der Waals surface area contributed by atoms with E-state index < -0.39 is 5.97 Å². The topological polar surface area (TPSA) is 75.2 Å². The number of carbonyl (C=O) groups is 1. The number of thiophene rings is 3. The van der Waals surface area contributed by atoms with E-state index in [4.69, 9.17) is 10.00 Å². The number of para-hydroxylation sites is 1. The molecule has 0 radical (unpaired) electrons. The Labute approximate surface area is 366 Å². The summed E-state index contributed by atoms with van der Waals surface area (Å²) in [4.78, 5) is 17.7. The molecule has 0 bridgehead atoms. The number of nitrogens with zero attached hydrogens (tertiary/aromatic N) is 2. The van der Waals surface area contributed by atoms with E-state index in [1.807, 2.05) is 12.1 Å². The Morgan fingerprint density at radius 2 is 1.20 bits per heavy atom. The Morgan fingerprint density at radius 3 is 1.85 bits per heavy atom. The van der Waals surface area contributed by atoms with Crippen molar-refractivity contribution in [3.8, 4) is 37.0 Å². The molecule has 8 heteroatoms. The fraction of sp³-hybridized carbons (Fsp3) is 0.308. The van der Waals surface area contributed by atoms with Crippen molar-refractivity contribution in [1.82, 2.24) is 4.57 Å².